The molecule has 4 rings (SSSR count). The Balaban J connectivity index is 1.54. The lowest BCUT2D eigenvalue weighted by atomic mass is 10.2. The zero-order chi connectivity index (χ0) is 21.8. The van der Waals surface area contributed by atoms with E-state index in [0.29, 0.717) is 29.9 Å². The van der Waals surface area contributed by atoms with Crippen molar-refractivity contribution in [3.05, 3.63) is 54.1 Å². The molecule has 0 fully saturated rings. The number of anilines is 2. The van der Waals surface area contributed by atoms with Gasteiger partial charge in [0.1, 0.15) is 17.9 Å². The molecule has 0 saturated heterocycles. The SMILES string of the molecule is Cc1cc(CONC(C)C)cnc1Oc1ccc2ncnc(Nc3cnn(C)n3)c2c1. The van der Waals surface area contributed by atoms with Crippen molar-refractivity contribution in [1.82, 2.24) is 35.4 Å². The van der Waals surface area contributed by atoms with Gasteiger partial charge in [-0.25, -0.2) is 15.0 Å². The molecule has 0 radical (unpaired) electrons. The largest absolute Gasteiger partial charge is 0.439 e. The topological polar surface area (TPSA) is 112 Å². The Labute approximate surface area is 179 Å². The molecule has 0 aliphatic rings. The minimum absolute atomic E-state index is 0.252. The van der Waals surface area contributed by atoms with E-state index in [2.05, 4.69) is 35.9 Å². The van der Waals surface area contributed by atoms with Crippen LogP contribution in [0.2, 0.25) is 0 Å². The van der Waals surface area contributed by atoms with E-state index >= 15 is 0 Å². The van der Waals surface area contributed by atoms with Gasteiger partial charge in [0.2, 0.25) is 5.88 Å². The fourth-order valence-electron chi connectivity index (χ4n) is 2.93. The fourth-order valence-corrected chi connectivity index (χ4v) is 2.93. The minimum atomic E-state index is 0.252. The number of rotatable bonds is 8. The van der Waals surface area contributed by atoms with Crippen LogP contribution in [-0.4, -0.2) is 36.0 Å². The van der Waals surface area contributed by atoms with Crippen LogP contribution in [0.4, 0.5) is 11.6 Å². The van der Waals surface area contributed by atoms with E-state index in [9.17, 15) is 0 Å². The van der Waals surface area contributed by atoms with Gasteiger partial charge in [0.05, 0.1) is 18.3 Å². The first-order valence-corrected chi connectivity index (χ1v) is 9.87. The van der Waals surface area contributed by atoms with E-state index in [1.54, 1.807) is 19.4 Å². The smallest absolute Gasteiger partial charge is 0.222 e. The van der Waals surface area contributed by atoms with Gasteiger partial charge in [-0.1, -0.05) is 0 Å². The number of hydroxylamine groups is 1. The van der Waals surface area contributed by atoms with Crippen molar-refractivity contribution in [2.45, 2.75) is 33.4 Å². The molecule has 10 heteroatoms. The normalized spacial score (nSPS) is 11.3. The van der Waals surface area contributed by atoms with Crippen LogP contribution in [0.3, 0.4) is 0 Å². The number of hydrogen-bond donors (Lipinski definition) is 2. The van der Waals surface area contributed by atoms with Gasteiger partial charge in [0.15, 0.2) is 5.82 Å². The Kier molecular flexibility index (Phi) is 6.01. The maximum absolute atomic E-state index is 6.04. The predicted octanol–water partition coefficient (Wildman–Crippen LogP) is 3.43. The van der Waals surface area contributed by atoms with Crippen molar-refractivity contribution in [2.24, 2.45) is 7.05 Å². The monoisotopic (exact) mass is 420 g/mol. The summed E-state index contributed by atoms with van der Waals surface area (Å²) in [7, 11) is 1.75. The number of aromatic nitrogens is 6. The van der Waals surface area contributed by atoms with Crippen LogP contribution in [0.15, 0.2) is 43.0 Å². The number of benzene rings is 1. The number of fused-ring (bicyclic) bond motifs is 1. The lowest BCUT2D eigenvalue weighted by Crippen LogP contribution is -2.22. The molecule has 0 saturated carbocycles. The molecule has 1 aromatic carbocycles. The zero-order valence-electron chi connectivity index (χ0n) is 17.8. The number of pyridine rings is 1. The summed E-state index contributed by atoms with van der Waals surface area (Å²) in [6.07, 6.45) is 4.88. The summed E-state index contributed by atoms with van der Waals surface area (Å²) < 4.78 is 6.04. The van der Waals surface area contributed by atoms with Gasteiger partial charge in [0, 0.05) is 30.2 Å². The van der Waals surface area contributed by atoms with E-state index in [4.69, 9.17) is 9.57 Å². The summed E-state index contributed by atoms with van der Waals surface area (Å²) in [5.74, 6) is 2.37. The highest BCUT2D eigenvalue weighted by Gasteiger charge is 2.10. The molecule has 0 bridgehead atoms. The van der Waals surface area contributed by atoms with Gasteiger partial charge < -0.3 is 10.1 Å². The molecular formula is C21H24N8O2. The number of nitrogens with one attached hydrogen (secondary N) is 2. The lowest BCUT2D eigenvalue weighted by molar-refractivity contribution is 0.0112. The van der Waals surface area contributed by atoms with E-state index < -0.39 is 0 Å². The summed E-state index contributed by atoms with van der Waals surface area (Å²) in [6.45, 7) is 6.41. The van der Waals surface area contributed by atoms with Gasteiger partial charge in [-0.05, 0) is 50.6 Å². The van der Waals surface area contributed by atoms with Crippen LogP contribution in [0.5, 0.6) is 11.6 Å². The van der Waals surface area contributed by atoms with Crippen LogP contribution in [-0.2, 0) is 18.5 Å². The number of hydrogen-bond acceptors (Lipinski definition) is 9. The van der Waals surface area contributed by atoms with Crippen molar-refractivity contribution in [1.29, 1.82) is 0 Å². The molecule has 3 heterocycles. The van der Waals surface area contributed by atoms with Gasteiger partial charge in [0.25, 0.3) is 0 Å². The molecule has 3 aromatic heterocycles. The molecule has 160 valence electrons. The van der Waals surface area contributed by atoms with E-state index in [1.807, 2.05) is 45.0 Å². The van der Waals surface area contributed by atoms with Gasteiger partial charge in [-0.2, -0.15) is 15.4 Å². The molecule has 0 aliphatic heterocycles. The van der Waals surface area contributed by atoms with E-state index in [0.717, 1.165) is 22.0 Å². The molecule has 2 N–H and O–H groups in total. The zero-order valence-corrected chi connectivity index (χ0v) is 17.8. The van der Waals surface area contributed by atoms with Crippen molar-refractivity contribution < 1.29 is 9.57 Å². The minimum Gasteiger partial charge on any atom is -0.439 e. The Hall–Kier alpha value is -3.63. The average molecular weight is 420 g/mol. The van der Waals surface area contributed by atoms with Crippen LogP contribution in [0, 0.1) is 6.92 Å². The molecule has 0 spiro atoms. The fraction of sp³-hybridized carbons (Fsp3) is 0.286. The van der Waals surface area contributed by atoms with Gasteiger partial charge >= 0.3 is 0 Å². The summed E-state index contributed by atoms with van der Waals surface area (Å²) in [5, 5.41) is 12.3. The molecule has 4 aromatic rings. The first-order valence-electron chi connectivity index (χ1n) is 9.87. The van der Waals surface area contributed by atoms with Crippen LogP contribution >= 0.6 is 0 Å². The Morgan fingerprint density at radius 3 is 2.71 bits per heavy atom. The maximum atomic E-state index is 6.04. The second-order valence-corrected chi connectivity index (χ2v) is 7.37. The average Bonchev–Trinajstić information content (AvgIpc) is 3.15. The van der Waals surface area contributed by atoms with Crippen LogP contribution in [0.1, 0.15) is 25.0 Å². The molecule has 0 aliphatic carbocycles. The first-order chi connectivity index (χ1) is 15.0. The second kappa shape index (κ2) is 9.02. The summed E-state index contributed by atoms with van der Waals surface area (Å²) >= 11 is 0. The quantitative estimate of drug-likeness (QED) is 0.414. The number of ether oxygens (including phenoxy) is 1. The highest BCUT2D eigenvalue weighted by molar-refractivity contribution is 5.91. The van der Waals surface area contributed by atoms with Crippen LogP contribution in [0.25, 0.3) is 10.9 Å². The van der Waals surface area contributed by atoms with E-state index in [1.165, 1.54) is 11.1 Å². The number of nitrogens with zero attached hydrogens (tertiary/aromatic N) is 6. The Bertz CT molecular complexity index is 1190. The number of aryl methyl sites for hydroxylation is 2. The summed E-state index contributed by atoms with van der Waals surface area (Å²) in [4.78, 5) is 20.0. The Morgan fingerprint density at radius 2 is 1.97 bits per heavy atom. The van der Waals surface area contributed by atoms with Gasteiger partial charge in [-0.15, -0.1) is 5.10 Å². The predicted molar refractivity (Wildman–Crippen MR) is 116 cm³/mol. The highest BCUT2D eigenvalue weighted by Crippen LogP contribution is 2.29. The standard InChI is InChI=1S/C21H24N8O2/c1-13(2)28-30-11-15-7-14(3)21(22-9-15)31-16-5-6-18-17(8-16)20(24-12-23-18)26-19-10-25-29(4)27-19/h5-10,12-13,28H,11H2,1-4H3,(H,23,24,26,27). The molecule has 0 unspecified atom stereocenters. The maximum Gasteiger partial charge on any atom is 0.222 e. The van der Waals surface area contributed by atoms with Crippen molar-refractivity contribution in [2.75, 3.05) is 5.32 Å². The van der Waals surface area contributed by atoms with E-state index in [-0.39, 0.29) is 6.04 Å². The first kappa shape index (κ1) is 20.6. The Morgan fingerprint density at radius 1 is 1.10 bits per heavy atom. The molecule has 31 heavy (non-hydrogen) atoms. The molecular weight excluding hydrogens is 396 g/mol. The second-order valence-electron chi connectivity index (χ2n) is 7.37. The third-order valence-corrected chi connectivity index (χ3v) is 4.31. The van der Waals surface area contributed by atoms with Gasteiger partial charge in [-0.3, -0.25) is 4.84 Å². The summed E-state index contributed by atoms with van der Waals surface area (Å²) in [6, 6.07) is 7.85. The lowest BCUT2D eigenvalue weighted by Gasteiger charge is -2.12. The summed E-state index contributed by atoms with van der Waals surface area (Å²) in [5.41, 5.74) is 5.57. The molecule has 0 amide bonds. The molecule has 0 atom stereocenters. The molecule has 10 nitrogen and oxygen atoms in total. The van der Waals surface area contributed by atoms with Crippen molar-refractivity contribution in [3.63, 3.8) is 0 Å². The third-order valence-electron chi connectivity index (χ3n) is 4.31. The van der Waals surface area contributed by atoms with Crippen molar-refractivity contribution >= 4 is 22.5 Å². The third kappa shape index (κ3) is 5.11. The van der Waals surface area contributed by atoms with Crippen molar-refractivity contribution in [3.8, 4) is 11.6 Å². The van der Waals surface area contributed by atoms with Crippen LogP contribution < -0.4 is 15.5 Å². The highest BCUT2D eigenvalue weighted by atomic mass is 16.6.